The van der Waals surface area contributed by atoms with Crippen molar-refractivity contribution in [3.8, 4) is 23.2 Å². The molecule has 4 aromatic rings. The number of hydrogen-bond acceptors (Lipinski definition) is 9. The van der Waals surface area contributed by atoms with Crippen LogP contribution in [0.3, 0.4) is 0 Å². The Morgan fingerprint density at radius 1 is 0.869 bits per heavy atom. The summed E-state index contributed by atoms with van der Waals surface area (Å²) in [6.07, 6.45) is -2.65. The van der Waals surface area contributed by atoms with Crippen LogP contribution >= 0.6 is 11.6 Å². The molecule has 0 radical (unpaired) electrons. The van der Waals surface area contributed by atoms with Gasteiger partial charge in [0.2, 0.25) is 5.95 Å². The normalized spacial score (nSPS) is 14.7. The molecule has 0 unspecified atom stereocenters. The van der Waals surface area contributed by atoms with E-state index in [2.05, 4.69) is 32.8 Å². The van der Waals surface area contributed by atoms with Crippen LogP contribution in [-0.2, 0) is 29.1 Å². The van der Waals surface area contributed by atoms with E-state index in [0.717, 1.165) is 17.0 Å². The zero-order valence-corrected chi connectivity index (χ0v) is 35.5. The van der Waals surface area contributed by atoms with Crippen molar-refractivity contribution in [2.24, 2.45) is 7.05 Å². The molecule has 1 saturated heterocycles. The van der Waals surface area contributed by atoms with Crippen molar-refractivity contribution in [3.63, 3.8) is 0 Å². The Labute approximate surface area is 356 Å². The minimum absolute atomic E-state index is 0.0622. The molecule has 61 heavy (non-hydrogen) atoms. The van der Waals surface area contributed by atoms with E-state index in [9.17, 15) is 32.3 Å². The fourth-order valence-electron chi connectivity index (χ4n) is 6.70. The maximum Gasteiger partial charge on any atom is 0.417 e. The van der Waals surface area contributed by atoms with E-state index in [4.69, 9.17) is 26.1 Å². The smallest absolute Gasteiger partial charge is 0.417 e. The first-order chi connectivity index (χ1) is 28.5. The van der Waals surface area contributed by atoms with Gasteiger partial charge in [0.25, 0.3) is 5.91 Å². The molecule has 2 aromatic carbocycles. The standard InChI is InChI=1S/C43H46ClF3N8O6/c1-41(2,3)60-39(58)54-18-15-27(16-19-54)49-37-48-24-26(35(52-37)34-23-30-33(53(34)7)17-20-55(36(30)56)40(59)61-42(4,5)6)12-11-25-9-8-10-28(21-25)50-38(57)51-29-13-14-32(44)31(22-29)43(45,46)47/h8-10,13-14,21-24,27H,15-20H2,1-7H3,(H,48,49,52)(H2,50,51,57). The highest BCUT2D eigenvalue weighted by molar-refractivity contribution is 6.31. The van der Waals surface area contributed by atoms with Crippen molar-refractivity contribution in [1.29, 1.82) is 0 Å². The number of hydrogen-bond donors (Lipinski definition) is 3. The number of carbonyl (C=O) groups is 4. The lowest BCUT2D eigenvalue weighted by Crippen LogP contribution is -2.44. The second-order valence-electron chi connectivity index (χ2n) is 16.6. The first-order valence-corrected chi connectivity index (χ1v) is 19.8. The van der Waals surface area contributed by atoms with Crippen LogP contribution in [0, 0.1) is 11.8 Å². The Hall–Kier alpha value is -6.28. The van der Waals surface area contributed by atoms with Gasteiger partial charge in [-0.2, -0.15) is 13.2 Å². The summed E-state index contributed by atoms with van der Waals surface area (Å²) in [4.78, 5) is 64.3. The molecule has 14 nitrogen and oxygen atoms in total. The van der Waals surface area contributed by atoms with E-state index in [1.807, 2.05) is 25.3 Å². The molecule has 18 heteroatoms. The van der Waals surface area contributed by atoms with Gasteiger partial charge < -0.3 is 34.9 Å². The maximum atomic E-state index is 13.7. The molecule has 5 amide bonds. The summed E-state index contributed by atoms with van der Waals surface area (Å²) < 4.78 is 52.9. The molecule has 2 aromatic heterocycles. The molecule has 4 heterocycles. The van der Waals surface area contributed by atoms with Crippen molar-refractivity contribution in [3.05, 3.63) is 87.7 Å². The molecule has 2 aliphatic rings. The minimum Gasteiger partial charge on any atom is -0.444 e. The molecule has 3 N–H and O–H groups in total. The number of rotatable bonds is 5. The van der Waals surface area contributed by atoms with Crippen LogP contribution in [0.4, 0.5) is 44.9 Å². The van der Waals surface area contributed by atoms with Gasteiger partial charge in [0.05, 0.1) is 27.4 Å². The summed E-state index contributed by atoms with van der Waals surface area (Å²) in [6, 6.07) is 10.4. The molecule has 322 valence electrons. The zero-order chi connectivity index (χ0) is 44.4. The number of alkyl halides is 3. The number of aromatic nitrogens is 3. The average molecular weight is 863 g/mol. The van der Waals surface area contributed by atoms with E-state index < -0.39 is 46.0 Å². The molecule has 0 spiro atoms. The largest absolute Gasteiger partial charge is 0.444 e. The van der Waals surface area contributed by atoms with Crippen molar-refractivity contribution in [2.45, 2.75) is 84.2 Å². The van der Waals surface area contributed by atoms with Gasteiger partial charge in [0.1, 0.15) is 16.9 Å². The molecule has 0 atom stereocenters. The monoisotopic (exact) mass is 862 g/mol. The number of fused-ring (bicyclic) bond motifs is 1. The highest BCUT2D eigenvalue weighted by Gasteiger charge is 2.36. The minimum atomic E-state index is -4.71. The highest BCUT2D eigenvalue weighted by atomic mass is 35.5. The van der Waals surface area contributed by atoms with Crippen LogP contribution < -0.4 is 16.0 Å². The molecular formula is C43H46ClF3N8O6. The number of carbonyl (C=O) groups excluding carboxylic acids is 4. The molecule has 0 bridgehead atoms. The van der Waals surface area contributed by atoms with E-state index >= 15 is 0 Å². The summed E-state index contributed by atoms with van der Waals surface area (Å²) >= 11 is 5.71. The Bertz CT molecular complexity index is 2420. The summed E-state index contributed by atoms with van der Waals surface area (Å²) in [5.41, 5.74) is 0.557. The van der Waals surface area contributed by atoms with Crippen LogP contribution in [0.5, 0.6) is 0 Å². The molecule has 1 fully saturated rings. The number of nitrogens with one attached hydrogen (secondary N) is 3. The second kappa shape index (κ2) is 17.4. The van der Waals surface area contributed by atoms with Gasteiger partial charge in [0, 0.05) is 68.0 Å². The second-order valence-corrected chi connectivity index (χ2v) is 17.0. The quantitative estimate of drug-likeness (QED) is 0.167. The SMILES string of the molecule is Cn1c(-c2nc(NC3CCN(C(=O)OC(C)(C)C)CC3)ncc2C#Cc2cccc(NC(=O)Nc3ccc(Cl)c(C(F)(F)F)c3)c2)cc2c1CCN(C(=O)OC(C)(C)C)C2=O. The number of likely N-dealkylation sites (tertiary alicyclic amines) is 1. The van der Waals surface area contributed by atoms with Gasteiger partial charge in [0.15, 0.2) is 0 Å². The number of piperidine rings is 1. The lowest BCUT2D eigenvalue weighted by molar-refractivity contribution is -0.137. The summed E-state index contributed by atoms with van der Waals surface area (Å²) in [7, 11) is 1.80. The van der Waals surface area contributed by atoms with Gasteiger partial charge in [-0.1, -0.05) is 29.5 Å². The first-order valence-electron chi connectivity index (χ1n) is 19.5. The zero-order valence-electron chi connectivity index (χ0n) is 34.7. The Morgan fingerprint density at radius 3 is 2.18 bits per heavy atom. The molecule has 2 aliphatic heterocycles. The lowest BCUT2D eigenvalue weighted by Gasteiger charge is -2.33. The first kappa shape index (κ1) is 44.3. The maximum absolute atomic E-state index is 13.7. The Kier molecular flexibility index (Phi) is 12.6. The van der Waals surface area contributed by atoms with Crippen LogP contribution in [0.1, 0.15) is 87.1 Å². The predicted molar refractivity (Wildman–Crippen MR) is 223 cm³/mol. The predicted octanol–water partition coefficient (Wildman–Crippen LogP) is 8.94. The number of anilines is 3. The van der Waals surface area contributed by atoms with E-state index in [1.165, 1.54) is 6.07 Å². The van der Waals surface area contributed by atoms with E-state index in [0.29, 0.717) is 77.8 Å². The van der Waals surface area contributed by atoms with Crippen LogP contribution in [0.15, 0.2) is 54.7 Å². The van der Waals surface area contributed by atoms with Gasteiger partial charge in [-0.3, -0.25) is 4.79 Å². The van der Waals surface area contributed by atoms with E-state index in [-0.39, 0.29) is 24.4 Å². The third kappa shape index (κ3) is 11.1. The average Bonchev–Trinajstić information content (AvgIpc) is 3.50. The van der Waals surface area contributed by atoms with Gasteiger partial charge in [-0.15, -0.1) is 0 Å². The third-order valence-electron chi connectivity index (χ3n) is 9.52. The van der Waals surface area contributed by atoms with Gasteiger partial charge >= 0.3 is 24.4 Å². The number of urea groups is 1. The fraction of sp³-hybridized carbons (Fsp3) is 0.395. The number of ether oxygens (including phenoxy) is 2. The third-order valence-corrected chi connectivity index (χ3v) is 9.85. The number of halogens is 4. The fourth-order valence-corrected chi connectivity index (χ4v) is 6.92. The van der Waals surface area contributed by atoms with Crippen molar-refractivity contribution in [2.75, 3.05) is 35.6 Å². The van der Waals surface area contributed by atoms with Crippen LogP contribution in [-0.4, -0.2) is 85.3 Å². The molecular weight excluding hydrogens is 817 g/mol. The number of benzene rings is 2. The number of amides is 5. The van der Waals surface area contributed by atoms with Crippen molar-refractivity contribution < 1.29 is 41.8 Å². The summed E-state index contributed by atoms with van der Waals surface area (Å²) in [5.74, 6) is 6.00. The van der Waals surface area contributed by atoms with E-state index in [1.54, 1.807) is 69.2 Å². The molecule has 0 aliphatic carbocycles. The van der Waals surface area contributed by atoms with Crippen LogP contribution in [0.25, 0.3) is 11.4 Å². The van der Waals surface area contributed by atoms with Crippen molar-refractivity contribution in [1.82, 2.24) is 24.3 Å². The van der Waals surface area contributed by atoms with Gasteiger partial charge in [-0.25, -0.2) is 29.3 Å². The lowest BCUT2D eigenvalue weighted by atomic mass is 10.1. The Balaban J connectivity index is 1.26. The molecule has 0 saturated carbocycles. The highest BCUT2D eigenvalue weighted by Crippen LogP contribution is 2.36. The summed E-state index contributed by atoms with van der Waals surface area (Å²) in [5, 5.41) is 7.88. The van der Waals surface area contributed by atoms with Crippen molar-refractivity contribution >= 4 is 53.0 Å². The van der Waals surface area contributed by atoms with Crippen LogP contribution in [0.2, 0.25) is 5.02 Å². The van der Waals surface area contributed by atoms with Gasteiger partial charge in [-0.05, 0) is 96.8 Å². The topological polar surface area (TPSA) is 160 Å². The Morgan fingerprint density at radius 2 is 1.52 bits per heavy atom. The number of imide groups is 1. The molecule has 6 rings (SSSR count). The number of nitrogens with zero attached hydrogens (tertiary/aromatic N) is 5. The summed E-state index contributed by atoms with van der Waals surface area (Å²) in [6.45, 7) is 11.7.